The molecule has 2 heterocycles. The Balaban J connectivity index is 0.00000261. The van der Waals surface area contributed by atoms with Gasteiger partial charge < -0.3 is 10.2 Å². The molecule has 1 aromatic carbocycles. The molecule has 2 aliphatic rings. The fourth-order valence-electron chi connectivity index (χ4n) is 3.99. The molecule has 2 aliphatic heterocycles. The summed E-state index contributed by atoms with van der Waals surface area (Å²) in [5, 5.41) is 3.30. The number of piperidine rings is 1. The number of sulfonamides is 1. The monoisotopic (exact) mass is 415 g/mol. The highest BCUT2D eigenvalue weighted by Gasteiger charge is 2.33. The van der Waals surface area contributed by atoms with Gasteiger partial charge >= 0.3 is 0 Å². The molecule has 0 aliphatic carbocycles. The van der Waals surface area contributed by atoms with Gasteiger partial charge in [-0.2, -0.15) is 4.31 Å². The van der Waals surface area contributed by atoms with Crippen molar-refractivity contribution in [1.29, 1.82) is 0 Å². The van der Waals surface area contributed by atoms with Gasteiger partial charge in [-0.1, -0.05) is 13.0 Å². The largest absolute Gasteiger partial charge is 0.317 e. The lowest BCUT2D eigenvalue weighted by Gasteiger charge is -2.34. The van der Waals surface area contributed by atoms with Crippen molar-refractivity contribution in [3.63, 3.8) is 0 Å². The van der Waals surface area contributed by atoms with Crippen molar-refractivity contribution in [2.24, 2.45) is 0 Å². The number of fused-ring (bicyclic) bond motifs is 1. The van der Waals surface area contributed by atoms with E-state index in [-0.39, 0.29) is 24.4 Å². The molecule has 0 atom stereocenters. The minimum atomic E-state index is -3.58. The number of hydrogen-bond acceptors (Lipinski definition) is 4. The number of nitrogens with zero attached hydrogens (tertiary/aromatic N) is 2. The summed E-state index contributed by atoms with van der Waals surface area (Å²) in [6.07, 6.45) is 4.25. The van der Waals surface area contributed by atoms with Crippen LogP contribution in [0.4, 0.5) is 5.69 Å². The van der Waals surface area contributed by atoms with Crippen LogP contribution < -0.4 is 10.2 Å². The highest BCUT2D eigenvalue weighted by Crippen LogP contribution is 2.32. The maximum absolute atomic E-state index is 13.4. The van der Waals surface area contributed by atoms with Gasteiger partial charge in [-0.3, -0.25) is 4.79 Å². The first-order chi connectivity index (χ1) is 12.4. The molecule has 0 spiro atoms. The molecule has 27 heavy (non-hydrogen) atoms. The molecule has 0 unspecified atom stereocenters. The zero-order chi connectivity index (χ0) is 18.7. The van der Waals surface area contributed by atoms with Gasteiger partial charge in [0.15, 0.2) is 0 Å². The van der Waals surface area contributed by atoms with Crippen LogP contribution in [-0.2, 0) is 21.2 Å². The normalized spacial score (nSPS) is 18.1. The Morgan fingerprint density at radius 2 is 2.00 bits per heavy atom. The van der Waals surface area contributed by atoms with E-state index in [9.17, 15) is 13.2 Å². The van der Waals surface area contributed by atoms with Crippen molar-refractivity contribution >= 4 is 34.0 Å². The number of benzene rings is 1. The van der Waals surface area contributed by atoms with Crippen molar-refractivity contribution in [1.82, 2.24) is 9.62 Å². The molecule has 152 valence electrons. The molecule has 0 aromatic heterocycles. The molecule has 6 nitrogen and oxygen atoms in total. The number of nitrogens with one attached hydrogen (secondary N) is 1. The number of carbonyl (C=O) groups excluding carboxylic acids is 1. The number of anilines is 1. The minimum Gasteiger partial charge on any atom is -0.317 e. The van der Waals surface area contributed by atoms with Crippen LogP contribution >= 0.6 is 12.4 Å². The fraction of sp³-hybridized carbons (Fsp3) is 0.632. The molecule has 1 aromatic rings. The van der Waals surface area contributed by atoms with E-state index in [4.69, 9.17) is 0 Å². The van der Waals surface area contributed by atoms with Gasteiger partial charge in [-0.15, -0.1) is 12.4 Å². The summed E-state index contributed by atoms with van der Waals surface area (Å²) in [4.78, 5) is 14.0. The van der Waals surface area contributed by atoms with Crippen LogP contribution in [-0.4, -0.2) is 50.9 Å². The van der Waals surface area contributed by atoms with Gasteiger partial charge in [0.2, 0.25) is 15.9 Å². The number of aryl methyl sites for hydroxylation is 1. The first-order valence-corrected chi connectivity index (χ1v) is 11.0. The van der Waals surface area contributed by atoms with E-state index >= 15 is 0 Å². The van der Waals surface area contributed by atoms with Gasteiger partial charge in [0.05, 0.1) is 4.90 Å². The number of carbonyl (C=O) groups is 1. The number of rotatable bonds is 5. The van der Waals surface area contributed by atoms with E-state index in [1.54, 1.807) is 21.3 Å². The van der Waals surface area contributed by atoms with Crippen LogP contribution in [0.25, 0.3) is 0 Å². The van der Waals surface area contributed by atoms with Crippen molar-refractivity contribution in [2.45, 2.75) is 56.9 Å². The second-order valence-electron chi connectivity index (χ2n) is 7.16. The predicted molar refractivity (Wildman–Crippen MR) is 110 cm³/mol. The molecular weight excluding hydrogens is 386 g/mol. The molecule has 1 saturated heterocycles. The van der Waals surface area contributed by atoms with Crippen LogP contribution in [0.1, 0.15) is 45.1 Å². The lowest BCUT2D eigenvalue weighted by atomic mass is 10.0. The van der Waals surface area contributed by atoms with Gasteiger partial charge in [-0.05, 0) is 62.9 Å². The Labute approximate surface area is 168 Å². The van der Waals surface area contributed by atoms with Crippen molar-refractivity contribution in [2.75, 3.05) is 31.1 Å². The summed E-state index contributed by atoms with van der Waals surface area (Å²) in [7, 11) is -3.58. The van der Waals surface area contributed by atoms with Crippen molar-refractivity contribution in [3.8, 4) is 0 Å². The molecule has 0 radical (unpaired) electrons. The van der Waals surface area contributed by atoms with E-state index in [0.717, 1.165) is 56.4 Å². The molecule has 3 rings (SSSR count). The van der Waals surface area contributed by atoms with Crippen LogP contribution in [0, 0.1) is 0 Å². The topological polar surface area (TPSA) is 69.7 Å². The second-order valence-corrected chi connectivity index (χ2v) is 9.05. The van der Waals surface area contributed by atoms with Gasteiger partial charge in [0.1, 0.15) is 0 Å². The van der Waals surface area contributed by atoms with Gasteiger partial charge in [0.25, 0.3) is 0 Å². The number of halogens is 1. The Bertz CT molecular complexity index is 763. The first kappa shape index (κ1) is 22.1. The highest BCUT2D eigenvalue weighted by atomic mass is 35.5. The molecule has 8 heteroatoms. The Morgan fingerprint density at radius 1 is 1.30 bits per heavy atom. The molecule has 1 amide bonds. The van der Waals surface area contributed by atoms with Gasteiger partial charge in [-0.25, -0.2) is 8.42 Å². The number of amides is 1. The van der Waals surface area contributed by atoms with Crippen LogP contribution in [0.3, 0.4) is 0 Å². The third-order valence-corrected chi connectivity index (χ3v) is 7.27. The summed E-state index contributed by atoms with van der Waals surface area (Å²) in [6.45, 7) is 6.42. The van der Waals surface area contributed by atoms with E-state index in [0.29, 0.717) is 18.0 Å². The Kier molecular flexibility index (Phi) is 7.68. The van der Waals surface area contributed by atoms with E-state index in [1.165, 1.54) is 6.92 Å². The second kappa shape index (κ2) is 9.37. The minimum absolute atomic E-state index is 0. The third-order valence-electron chi connectivity index (χ3n) is 5.32. The molecule has 1 fully saturated rings. The molecule has 1 N–H and O–H groups in total. The lowest BCUT2D eigenvalue weighted by molar-refractivity contribution is -0.116. The molecule has 0 saturated carbocycles. The van der Waals surface area contributed by atoms with Crippen LogP contribution in [0.2, 0.25) is 0 Å². The van der Waals surface area contributed by atoms with Crippen molar-refractivity contribution in [3.05, 3.63) is 23.8 Å². The Hall–Kier alpha value is -1.15. The maximum Gasteiger partial charge on any atom is 0.243 e. The summed E-state index contributed by atoms with van der Waals surface area (Å²) >= 11 is 0. The molecular formula is C19H30ClN3O3S. The SMILES string of the molecule is CCCN(C1CCNCC1)S(=O)(=O)c1ccc2c(c1)N(C(C)=O)CCC2.Cl. The summed E-state index contributed by atoms with van der Waals surface area (Å²) in [5.74, 6) is -0.0377. The average molecular weight is 416 g/mol. The number of hydrogen-bond donors (Lipinski definition) is 1. The average Bonchev–Trinajstić information content (AvgIpc) is 2.65. The first-order valence-electron chi connectivity index (χ1n) is 9.58. The summed E-state index contributed by atoms with van der Waals surface area (Å²) in [5.41, 5.74) is 1.81. The quantitative estimate of drug-likeness (QED) is 0.802. The zero-order valence-corrected chi connectivity index (χ0v) is 17.7. The smallest absolute Gasteiger partial charge is 0.243 e. The lowest BCUT2D eigenvalue weighted by Crippen LogP contribution is -2.46. The van der Waals surface area contributed by atoms with E-state index in [2.05, 4.69) is 5.32 Å². The molecule has 0 bridgehead atoms. The fourth-order valence-corrected chi connectivity index (χ4v) is 5.79. The highest BCUT2D eigenvalue weighted by molar-refractivity contribution is 7.89. The predicted octanol–water partition coefficient (Wildman–Crippen LogP) is 2.56. The third kappa shape index (κ3) is 4.65. The van der Waals surface area contributed by atoms with E-state index < -0.39 is 10.0 Å². The van der Waals surface area contributed by atoms with E-state index in [1.807, 2.05) is 13.0 Å². The maximum atomic E-state index is 13.4. The van der Waals surface area contributed by atoms with Crippen LogP contribution in [0.15, 0.2) is 23.1 Å². The summed E-state index contributed by atoms with van der Waals surface area (Å²) in [6, 6.07) is 5.33. The van der Waals surface area contributed by atoms with Crippen molar-refractivity contribution < 1.29 is 13.2 Å². The standard InChI is InChI=1S/C19H29N3O3S.ClH/c1-3-12-22(17-8-10-20-11-9-17)26(24,25)18-7-6-16-5-4-13-21(15(2)23)19(16)14-18;/h6-7,14,17,20H,3-5,8-13H2,1-2H3;1H. The van der Waals surface area contributed by atoms with Gasteiger partial charge in [0, 0.05) is 31.7 Å². The summed E-state index contributed by atoms with van der Waals surface area (Å²) < 4.78 is 28.4. The van der Waals surface area contributed by atoms with Crippen LogP contribution in [0.5, 0.6) is 0 Å². The Morgan fingerprint density at radius 3 is 2.63 bits per heavy atom. The zero-order valence-electron chi connectivity index (χ0n) is 16.1.